The van der Waals surface area contributed by atoms with Crippen LogP contribution in [0.25, 0.3) is 0 Å². The summed E-state index contributed by atoms with van der Waals surface area (Å²) in [5, 5.41) is 14.6. The van der Waals surface area contributed by atoms with Crippen molar-refractivity contribution < 1.29 is 18.1 Å². The highest BCUT2D eigenvalue weighted by atomic mass is 32.2. The Hall–Kier alpha value is -2.53. The van der Waals surface area contributed by atoms with E-state index >= 15 is 0 Å². The molecule has 2 aromatic rings. The highest BCUT2D eigenvalue weighted by Gasteiger charge is 2.31. The van der Waals surface area contributed by atoms with Crippen molar-refractivity contribution in [3.05, 3.63) is 64.2 Å². The van der Waals surface area contributed by atoms with Gasteiger partial charge in [-0.1, -0.05) is 44.2 Å². The van der Waals surface area contributed by atoms with Gasteiger partial charge in [0, 0.05) is 31.8 Å². The van der Waals surface area contributed by atoms with Crippen LogP contribution in [0.4, 0.5) is 11.4 Å². The number of ether oxygens (including phenoxy) is 1. The minimum absolute atomic E-state index is 0.0142. The Morgan fingerprint density at radius 3 is 2.38 bits per heavy atom. The van der Waals surface area contributed by atoms with Gasteiger partial charge in [-0.25, -0.2) is 8.42 Å². The number of rotatable bonds is 10. The first kappa shape index (κ1) is 24.1. The number of anilines is 1. The van der Waals surface area contributed by atoms with Gasteiger partial charge >= 0.3 is 0 Å². The molecule has 1 aliphatic rings. The summed E-state index contributed by atoms with van der Waals surface area (Å²) in [7, 11) is -3.92. The van der Waals surface area contributed by atoms with Gasteiger partial charge in [0.1, 0.15) is 4.90 Å². The second kappa shape index (κ2) is 10.9. The lowest BCUT2D eigenvalue weighted by atomic mass is 10.0. The van der Waals surface area contributed by atoms with Crippen LogP contribution in [0.1, 0.15) is 25.5 Å². The maximum Gasteiger partial charge on any atom is 0.270 e. The van der Waals surface area contributed by atoms with E-state index in [1.54, 1.807) is 0 Å². The van der Waals surface area contributed by atoms with Crippen molar-refractivity contribution in [1.29, 1.82) is 0 Å². The first-order valence-corrected chi connectivity index (χ1v) is 12.2. The molecule has 0 spiro atoms. The smallest absolute Gasteiger partial charge is 0.270 e. The molecule has 10 heteroatoms. The van der Waals surface area contributed by atoms with E-state index in [-0.39, 0.29) is 29.7 Å². The number of sulfonamides is 1. The molecule has 1 fully saturated rings. The molecule has 1 unspecified atom stereocenters. The second-order valence-electron chi connectivity index (χ2n) is 7.48. The fourth-order valence-corrected chi connectivity index (χ4v) is 5.51. The molecule has 1 atom stereocenters. The zero-order chi connectivity index (χ0) is 23.1. The van der Waals surface area contributed by atoms with Crippen molar-refractivity contribution in [2.75, 3.05) is 51.3 Å². The number of morpholine rings is 1. The molecular formula is C22H30N4O5S. The number of likely N-dealkylation sites (N-methyl/N-ethyl adjacent to an activating group) is 1. The molecule has 0 aromatic heterocycles. The molecule has 9 nitrogen and oxygen atoms in total. The van der Waals surface area contributed by atoms with Crippen molar-refractivity contribution in [3.63, 3.8) is 0 Å². The first-order valence-electron chi connectivity index (χ1n) is 10.8. The predicted octanol–water partition coefficient (Wildman–Crippen LogP) is 3.11. The van der Waals surface area contributed by atoms with Gasteiger partial charge in [0.25, 0.3) is 5.69 Å². The van der Waals surface area contributed by atoms with Gasteiger partial charge in [-0.3, -0.25) is 15.0 Å². The van der Waals surface area contributed by atoms with E-state index in [1.807, 2.05) is 30.3 Å². The number of nitro groups is 1. The number of hydrogen-bond donors (Lipinski definition) is 1. The fraction of sp³-hybridized carbons (Fsp3) is 0.455. The number of nitrogens with one attached hydrogen (secondary N) is 1. The number of nitro benzene ring substituents is 1. The Kier molecular flexibility index (Phi) is 8.19. The number of benzene rings is 2. The Morgan fingerprint density at radius 1 is 1.12 bits per heavy atom. The van der Waals surface area contributed by atoms with Gasteiger partial charge in [-0.2, -0.15) is 4.31 Å². The van der Waals surface area contributed by atoms with E-state index in [0.717, 1.165) is 24.7 Å². The third-order valence-electron chi connectivity index (χ3n) is 5.69. The molecule has 0 aliphatic carbocycles. The molecule has 0 bridgehead atoms. The highest BCUT2D eigenvalue weighted by Crippen LogP contribution is 2.31. The first-order chi connectivity index (χ1) is 15.4. The predicted molar refractivity (Wildman–Crippen MR) is 123 cm³/mol. The molecule has 1 aliphatic heterocycles. The summed E-state index contributed by atoms with van der Waals surface area (Å²) in [5.41, 5.74) is 1.21. The molecule has 1 heterocycles. The molecular weight excluding hydrogens is 432 g/mol. The summed E-state index contributed by atoms with van der Waals surface area (Å²) in [6, 6.07) is 14.0. The second-order valence-corrected chi connectivity index (χ2v) is 9.39. The van der Waals surface area contributed by atoms with Crippen LogP contribution in [0.3, 0.4) is 0 Å². The Morgan fingerprint density at radius 2 is 1.78 bits per heavy atom. The number of non-ortho nitro benzene ring substituents is 1. The molecule has 1 N–H and O–H groups in total. The van der Waals surface area contributed by atoms with Crippen molar-refractivity contribution in [3.8, 4) is 0 Å². The zero-order valence-electron chi connectivity index (χ0n) is 18.4. The van der Waals surface area contributed by atoms with Crippen molar-refractivity contribution in [2.45, 2.75) is 24.8 Å². The van der Waals surface area contributed by atoms with Gasteiger partial charge in [0.05, 0.1) is 29.9 Å². The minimum Gasteiger partial charge on any atom is -0.382 e. The van der Waals surface area contributed by atoms with Crippen LogP contribution in [0.2, 0.25) is 0 Å². The van der Waals surface area contributed by atoms with Gasteiger partial charge in [0.2, 0.25) is 10.0 Å². The van der Waals surface area contributed by atoms with Crippen LogP contribution >= 0.6 is 0 Å². The van der Waals surface area contributed by atoms with Crippen molar-refractivity contribution >= 4 is 21.4 Å². The van der Waals surface area contributed by atoms with Crippen LogP contribution in [0, 0.1) is 10.1 Å². The summed E-state index contributed by atoms with van der Waals surface area (Å²) >= 11 is 0. The van der Waals surface area contributed by atoms with Crippen LogP contribution in [0.5, 0.6) is 0 Å². The van der Waals surface area contributed by atoms with Crippen LogP contribution in [-0.4, -0.2) is 68.5 Å². The quantitative estimate of drug-likeness (QED) is 0.427. The average Bonchev–Trinajstić information content (AvgIpc) is 2.82. The lowest BCUT2D eigenvalue weighted by Gasteiger charge is -2.31. The highest BCUT2D eigenvalue weighted by molar-refractivity contribution is 7.89. The maximum atomic E-state index is 13.3. The normalized spacial score (nSPS) is 16.1. The fourth-order valence-electron chi connectivity index (χ4n) is 3.91. The number of nitrogens with zero attached hydrogens (tertiary/aromatic N) is 3. The monoisotopic (exact) mass is 462 g/mol. The summed E-state index contributed by atoms with van der Waals surface area (Å²) in [6.45, 7) is 7.32. The molecule has 0 saturated carbocycles. The van der Waals surface area contributed by atoms with Crippen molar-refractivity contribution in [1.82, 2.24) is 9.21 Å². The molecule has 2 aromatic carbocycles. The van der Waals surface area contributed by atoms with Crippen LogP contribution in [0.15, 0.2) is 53.4 Å². The third-order valence-corrected chi connectivity index (χ3v) is 7.63. The van der Waals surface area contributed by atoms with Gasteiger partial charge < -0.3 is 10.1 Å². The Labute approximate surface area is 189 Å². The van der Waals surface area contributed by atoms with E-state index in [4.69, 9.17) is 4.74 Å². The lowest BCUT2D eigenvalue weighted by molar-refractivity contribution is -0.385. The van der Waals surface area contributed by atoms with Crippen LogP contribution in [-0.2, 0) is 14.8 Å². The summed E-state index contributed by atoms with van der Waals surface area (Å²) < 4.78 is 33.3. The number of hydrogen-bond acceptors (Lipinski definition) is 7. The molecule has 0 radical (unpaired) electrons. The summed E-state index contributed by atoms with van der Waals surface area (Å²) in [4.78, 5) is 13.0. The molecule has 32 heavy (non-hydrogen) atoms. The zero-order valence-corrected chi connectivity index (χ0v) is 19.3. The SMILES string of the molecule is CCN(CC)C(CNc1ccc([N+](=O)[O-])cc1S(=O)(=O)N1CCOCC1)c1ccccc1. The van der Waals surface area contributed by atoms with Gasteiger partial charge in [-0.05, 0) is 24.7 Å². The van der Waals surface area contributed by atoms with Gasteiger partial charge in [0.15, 0.2) is 0 Å². The summed E-state index contributed by atoms with van der Waals surface area (Å²) in [6.07, 6.45) is 0. The Bertz CT molecular complexity index is 1010. The van der Waals surface area contributed by atoms with E-state index < -0.39 is 14.9 Å². The Balaban J connectivity index is 1.95. The largest absolute Gasteiger partial charge is 0.382 e. The standard InChI is InChI=1S/C22H30N4O5S/c1-3-24(4-2)21(18-8-6-5-7-9-18)17-23-20-11-10-19(26(27)28)16-22(20)32(29,30)25-12-14-31-15-13-25/h5-11,16,21,23H,3-4,12-15,17H2,1-2H3. The van der Waals surface area contributed by atoms with E-state index in [2.05, 4.69) is 24.1 Å². The van der Waals surface area contributed by atoms with E-state index in [9.17, 15) is 18.5 Å². The molecule has 174 valence electrons. The summed E-state index contributed by atoms with van der Waals surface area (Å²) in [5.74, 6) is 0. The molecule has 0 amide bonds. The average molecular weight is 463 g/mol. The van der Waals surface area contributed by atoms with Gasteiger partial charge in [-0.15, -0.1) is 0 Å². The third kappa shape index (κ3) is 5.44. The van der Waals surface area contributed by atoms with Crippen LogP contribution < -0.4 is 5.32 Å². The molecule has 3 rings (SSSR count). The lowest BCUT2D eigenvalue weighted by Crippen LogP contribution is -2.41. The molecule has 1 saturated heterocycles. The minimum atomic E-state index is -3.92. The van der Waals surface area contributed by atoms with E-state index in [1.165, 1.54) is 16.4 Å². The topological polar surface area (TPSA) is 105 Å². The van der Waals surface area contributed by atoms with E-state index in [0.29, 0.717) is 25.4 Å². The van der Waals surface area contributed by atoms with Crippen molar-refractivity contribution in [2.24, 2.45) is 0 Å². The maximum absolute atomic E-state index is 13.3.